The minimum atomic E-state index is -0.309. The molecule has 4 nitrogen and oxygen atoms in total. The third-order valence-electron chi connectivity index (χ3n) is 4.79. The molecular weight excluding hydrogens is 326 g/mol. The molecule has 2 heterocycles. The number of hydrogen-bond acceptors (Lipinski definition) is 3. The fourth-order valence-electron chi connectivity index (χ4n) is 3.45. The molecule has 1 aliphatic rings. The van der Waals surface area contributed by atoms with E-state index < -0.39 is 0 Å². The first-order valence-electron chi connectivity index (χ1n) is 8.74. The topological polar surface area (TPSA) is 48.3 Å². The van der Waals surface area contributed by atoms with E-state index in [-0.39, 0.29) is 24.3 Å². The summed E-state index contributed by atoms with van der Waals surface area (Å²) < 4.78 is 7.43. The second-order valence-corrected chi connectivity index (χ2v) is 6.42. The molecule has 0 fully saturated rings. The third-order valence-corrected chi connectivity index (χ3v) is 4.79. The van der Waals surface area contributed by atoms with Crippen molar-refractivity contribution in [2.45, 2.75) is 25.5 Å². The average molecular weight is 345 g/mol. The molecule has 1 aromatic heterocycles. The number of esters is 1. The van der Waals surface area contributed by atoms with Crippen molar-refractivity contribution in [3.05, 3.63) is 95.3 Å². The van der Waals surface area contributed by atoms with Crippen molar-refractivity contribution in [1.29, 1.82) is 0 Å². The molecule has 4 heteroatoms. The predicted octanol–water partition coefficient (Wildman–Crippen LogP) is 3.95. The molecular formula is C22H19NO3. The Labute approximate surface area is 152 Å². The number of fused-ring (bicyclic) bond motifs is 1. The van der Waals surface area contributed by atoms with E-state index in [4.69, 9.17) is 4.74 Å². The molecule has 130 valence electrons. The van der Waals surface area contributed by atoms with E-state index in [9.17, 15) is 9.59 Å². The van der Waals surface area contributed by atoms with Crippen molar-refractivity contribution in [2.24, 2.45) is 0 Å². The summed E-state index contributed by atoms with van der Waals surface area (Å²) in [5, 5.41) is 0. The number of ether oxygens (including phenoxy) is 1. The van der Waals surface area contributed by atoms with Gasteiger partial charge in [0.05, 0.1) is 11.6 Å². The van der Waals surface area contributed by atoms with Gasteiger partial charge in [0.15, 0.2) is 0 Å². The molecule has 1 atom stereocenters. The number of carbonyl (C=O) groups is 2. The SMILES string of the molecule is O=C(c1ccccc1)c1ccc2n1CC[C@H]2C(=O)OCc1ccccc1. The lowest BCUT2D eigenvalue weighted by Gasteiger charge is -2.10. The molecule has 1 aliphatic heterocycles. The van der Waals surface area contributed by atoms with Gasteiger partial charge in [0, 0.05) is 17.8 Å². The normalized spacial score (nSPS) is 15.5. The average Bonchev–Trinajstić information content (AvgIpc) is 3.29. The van der Waals surface area contributed by atoms with E-state index in [1.807, 2.05) is 71.3 Å². The number of hydrogen-bond donors (Lipinski definition) is 0. The van der Waals surface area contributed by atoms with Crippen LogP contribution >= 0.6 is 0 Å². The van der Waals surface area contributed by atoms with Crippen LogP contribution in [0.25, 0.3) is 0 Å². The molecule has 26 heavy (non-hydrogen) atoms. The summed E-state index contributed by atoms with van der Waals surface area (Å²) >= 11 is 0. The van der Waals surface area contributed by atoms with Crippen LogP contribution in [-0.2, 0) is 22.7 Å². The number of aromatic nitrogens is 1. The first kappa shape index (κ1) is 16.3. The van der Waals surface area contributed by atoms with Crippen molar-refractivity contribution in [3.8, 4) is 0 Å². The quantitative estimate of drug-likeness (QED) is 0.520. The first-order valence-corrected chi connectivity index (χ1v) is 8.74. The van der Waals surface area contributed by atoms with Gasteiger partial charge in [-0.1, -0.05) is 60.7 Å². The molecule has 0 aliphatic carbocycles. The van der Waals surface area contributed by atoms with Crippen molar-refractivity contribution >= 4 is 11.8 Å². The van der Waals surface area contributed by atoms with Crippen LogP contribution in [0, 0.1) is 0 Å². The molecule has 0 spiro atoms. The van der Waals surface area contributed by atoms with Gasteiger partial charge in [0.1, 0.15) is 6.61 Å². The standard InChI is InChI=1S/C22H19NO3/c24-21(17-9-5-2-6-10-17)20-12-11-19-18(13-14-23(19)20)22(25)26-15-16-7-3-1-4-8-16/h1-12,18H,13-15H2/t18-/m1/s1. The molecule has 0 saturated heterocycles. The number of carbonyl (C=O) groups excluding carboxylic acids is 2. The fraction of sp³-hybridized carbons (Fsp3) is 0.182. The molecule has 0 amide bonds. The van der Waals surface area contributed by atoms with Crippen molar-refractivity contribution in [1.82, 2.24) is 4.57 Å². The Morgan fingerprint density at radius 1 is 0.923 bits per heavy atom. The van der Waals surface area contributed by atoms with Gasteiger partial charge in [-0.05, 0) is 24.1 Å². The summed E-state index contributed by atoms with van der Waals surface area (Å²) in [4.78, 5) is 25.2. The van der Waals surface area contributed by atoms with Crippen LogP contribution in [-0.4, -0.2) is 16.3 Å². The Hall–Kier alpha value is -3.14. The predicted molar refractivity (Wildman–Crippen MR) is 97.9 cm³/mol. The Kier molecular flexibility index (Phi) is 4.40. The van der Waals surface area contributed by atoms with Crippen LogP contribution in [0.5, 0.6) is 0 Å². The van der Waals surface area contributed by atoms with Crippen LogP contribution in [0.15, 0.2) is 72.8 Å². The molecule has 0 bridgehead atoms. The minimum Gasteiger partial charge on any atom is -0.460 e. The maximum Gasteiger partial charge on any atom is 0.315 e. The zero-order valence-electron chi connectivity index (χ0n) is 14.3. The fourth-order valence-corrected chi connectivity index (χ4v) is 3.45. The molecule has 0 unspecified atom stereocenters. The highest BCUT2D eigenvalue weighted by Gasteiger charge is 2.33. The summed E-state index contributed by atoms with van der Waals surface area (Å²) in [6.07, 6.45) is 0.666. The summed E-state index contributed by atoms with van der Waals surface area (Å²) in [7, 11) is 0. The highest BCUT2D eigenvalue weighted by Crippen LogP contribution is 2.32. The van der Waals surface area contributed by atoms with E-state index in [0.29, 0.717) is 24.2 Å². The smallest absolute Gasteiger partial charge is 0.315 e. The van der Waals surface area contributed by atoms with Gasteiger partial charge in [-0.3, -0.25) is 9.59 Å². The van der Waals surface area contributed by atoms with Crippen molar-refractivity contribution in [2.75, 3.05) is 0 Å². The number of benzene rings is 2. The van der Waals surface area contributed by atoms with E-state index in [2.05, 4.69) is 0 Å². The van der Waals surface area contributed by atoms with Gasteiger partial charge >= 0.3 is 5.97 Å². The Morgan fingerprint density at radius 3 is 2.35 bits per heavy atom. The van der Waals surface area contributed by atoms with E-state index in [0.717, 1.165) is 11.3 Å². The van der Waals surface area contributed by atoms with Gasteiger partial charge in [-0.2, -0.15) is 0 Å². The molecule has 4 rings (SSSR count). The zero-order valence-corrected chi connectivity index (χ0v) is 14.3. The van der Waals surface area contributed by atoms with Crippen LogP contribution in [0.1, 0.15) is 39.6 Å². The van der Waals surface area contributed by atoms with Crippen LogP contribution < -0.4 is 0 Å². The van der Waals surface area contributed by atoms with Gasteiger partial charge in [-0.15, -0.1) is 0 Å². The molecule has 0 radical (unpaired) electrons. The summed E-state index contributed by atoms with van der Waals surface area (Å²) in [6, 6.07) is 22.5. The lowest BCUT2D eigenvalue weighted by Crippen LogP contribution is -2.14. The zero-order chi connectivity index (χ0) is 17.9. The Morgan fingerprint density at radius 2 is 1.62 bits per heavy atom. The Bertz CT molecular complexity index is 929. The molecule has 2 aromatic carbocycles. The maximum atomic E-state index is 12.7. The van der Waals surface area contributed by atoms with Gasteiger partial charge < -0.3 is 9.30 Å². The number of nitrogens with zero attached hydrogens (tertiary/aromatic N) is 1. The maximum absolute atomic E-state index is 12.7. The first-order chi connectivity index (χ1) is 12.7. The van der Waals surface area contributed by atoms with E-state index >= 15 is 0 Å². The molecule has 3 aromatic rings. The van der Waals surface area contributed by atoms with Crippen LogP contribution in [0.2, 0.25) is 0 Å². The monoisotopic (exact) mass is 345 g/mol. The van der Waals surface area contributed by atoms with Gasteiger partial charge in [0.2, 0.25) is 5.78 Å². The highest BCUT2D eigenvalue weighted by molar-refractivity contribution is 6.08. The summed E-state index contributed by atoms with van der Waals surface area (Å²) in [6.45, 7) is 0.925. The number of rotatable bonds is 5. The van der Waals surface area contributed by atoms with Gasteiger partial charge in [-0.25, -0.2) is 0 Å². The summed E-state index contributed by atoms with van der Waals surface area (Å²) in [5.41, 5.74) is 3.12. The van der Waals surface area contributed by atoms with Crippen LogP contribution in [0.3, 0.4) is 0 Å². The van der Waals surface area contributed by atoms with Gasteiger partial charge in [0.25, 0.3) is 0 Å². The Balaban J connectivity index is 1.49. The van der Waals surface area contributed by atoms with E-state index in [1.165, 1.54) is 0 Å². The third kappa shape index (κ3) is 3.06. The second-order valence-electron chi connectivity index (χ2n) is 6.42. The van der Waals surface area contributed by atoms with Crippen molar-refractivity contribution in [3.63, 3.8) is 0 Å². The van der Waals surface area contributed by atoms with Crippen molar-refractivity contribution < 1.29 is 14.3 Å². The largest absolute Gasteiger partial charge is 0.460 e. The minimum absolute atomic E-state index is 0.0184. The number of ketones is 1. The lowest BCUT2D eigenvalue weighted by molar-refractivity contribution is -0.146. The second kappa shape index (κ2) is 7.00. The lowest BCUT2D eigenvalue weighted by atomic mass is 10.1. The molecule has 0 N–H and O–H groups in total. The highest BCUT2D eigenvalue weighted by atomic mass is 16.5. The summed E-state index contributed by atoms with van der Waals surface area (Å²) in [5.74, 6) is -0.560. The van der Waals surface area contributed by atoms with Crippen LogP contribution in [0.4, 0.5) is 0 Å². The molecule has 0 saturated carbocycles. The van der Waals surface area contributed by atoms with E-state index in [1.54, 1.807) is 6.07 Å².